The Morgan fingerprint density at radius 1 is 0.962 bits per heavy atom. The van der Waals surface area contributed by atoms with Crippen LogP contribution in [0.5, 0.6) is 0 Å². The number of hydrogen-bond acceptors (Lipinski definition) is 1. The summed E-state index contributed by atoms with van der Waals surface area (Å²) in [5, 5.41) is 0. The molecule has 0 saturated heterocycles. The van der Waals surface area contributed by atoms with Crippen LogP contribution < -0.4 is 0 Å². The van der Waals surface area contributed by atoms with Gasteiger partial charge >= 0.3 is 0 Å². The van der Waals surface area contributed by atoms with Crippen molar-refractivity contribution in [3.8, 4) is 11.1 Å². The van der Waals surface area contributed by atoms with E-state index in [0.29, 0.717) is 16.8 Å². The van der Waals surface area contributed by atoms with Crippen molar-refractivity contribution < 1.29 is 8.78 Å². The van der Waals surface area contributed by atoms with Crippen molar-refractivity contribution in [1.82, 2.24) is 9.55 Å². The Kier molecular flexibility index (Phi) is 4.62. The molecule has 0 bridgehead atoms. The first-order chi connectivity index (χ1) is 12.5. The quantitative estimate of drug-likeness (QED) is 0.208. The van der Waals surface area contributed by atoms with Crippen LogP contribution >= 0.6 is 34.8 Å². The molecule has 130 valence electrons. The molecule has 0 radical (unpaired) electrons. The molecule has 26 heavy (non-hydrogen) atoms. The van der Waals surface area contributed by atoms with Crippen LogP contribution in [-0.2, 0) is 6.54 Å². The minimum atomic E-state index is -0.607. The van der Waals surface area contributed by atoms with Gasteiger partial charge in [0.15, 0.2) is 10.6 Å². The smallest absolute Gasteiger partial charge is 0.178 e. The maximum Gasteiger partial charge on any atom is 0.178 e. The van der Waals surface area contributed by atoms with Crippen molar-refractivity contribution in [2.45, 2.75) is 6.54 Å². The van der Waals surface area contributed by atoms with Gasteiger partial charge in [-0.1, -0.05) is 54.6 Å². The fourth-order valence-electron chi connectivity index (χ4n) is 2.97. The molecule has 0 aliphatic rings. The normalized spacial score (nSPS) is 11.2. The molecule has 1 aromatic heterocycles. The molecule has 0 aliphatic heterocycles. The van der Waals surface area contributed by atoms with E-state index in [1.807, 2.05) is 42.5 Å². The highest BCUT2D eigenvalue weighted by atomic mass is 127. The van der Waals surface area contributed by atoms with E-state index < -0.39 is 11.6 Å². The molecule has 0 saturated carbocycles. The molecule has 1 heterocycles. The summed E-state index contributed by atoms with van der Waals surface area (Å²) in [5.41, 5.74) is 3.92. The fourth-order valence-corrected chi connectivity index (χ4v) is 3.66. The predicted octanol–water partition coefficient (Wildman–Crippen LogP) is 6.30. The van der Waals surface area contributed by atoms with Gasteiger partial charge in [0.2, 0.25) is 0 Å². The van der Waals surface area contributed by atoms with Crippen molar-refractivity contribution in [1.29, 1.82) is 0 Å². The van der Waals surface area contributed by atoms with Crippen molar-refractivity contribution >= 4 is 45.8 Å². The number of H-pyrrole nitrogens is 1. The van der Waals surface area contributed by atoms with E-state index in [0.717, 1.165) is 16.7 Å². The molecular formula is C20H13F2IN2S. The molecule has 0 aliphatic carbocycles. The summed E-state index contributed by atoms with van der Waals surface area (Å²) in [6.07, 6.45) is 0. The van der Waals surface area contributed by atoms with Crippen molar-refractivity contribution in [2.75, 3.05) is 0 Å². The summed E-state index contributed by atoms with van der Waals surface area (Å²) in [6.45, 7) is 0.438. The maximum absolute atomic E-state index is 14.3. The van der Waals surface area contributed by atoms with E-state index in [-0.39, 0.29) is 9.09 Å². The molecule has 0 atom stereocenters. The Morgan fingerprint density at radius 3 is 2.31 bits per heavy atom. The Hall–Kier alpha value is -2.06. The number of nitrogens with zero attached hydrogens (tertiary/aromatic N) is 1. The van der Waals surface area contributed by atoms with Gasteiger partial charge in [-0.2, -0.15) is 0 Å². The van der Waals surface area contributed by atoms with Gasteiger partial charge in [0, 0.05) is 6.07 Å². The average Bonchev–Trinajstić information content (AvgIpc) is 2.97. The largest absolute Gasteiger partial charge is 0.328 e. The SMILES string of the molecule is Fc1cc2c([nH]c(=S)n2Cc2ccc(-c3ccccc3)cc2)c(F)c1I. The highest BCUT2D eigenvalue weighted by molar-refractivity contribution is 14.1. The van der Waals surface area contributed by atoms with Crippen LogP contribution in [-0.4, -0.2) is 9.55 Å². The second-order valence-electron chi connectivity index (χ2n) is 5.96. The third kappa shape index (κ3) is 3.07. The third-order valence-corrected chi connectivity index (χ3v) is 5.62. The number of rotatable bonds is 3. The number of halogens is 3. The zero-order chi connectivity index (χ0) is 18.3. The van der Waals surface area contributed by atoms with Crippen LogP contribution in [0.4, 0.5) is 8.78 Å². The lowest BCUT2D eigenvalue weighted by atomic mass is 10.0. The molecule has 3 aromatic carbocycles. The van der Waals surface area contributed by atoms with Gasteiger partial charge in [-0.25, -0.2) is 8.78 Å². The molecule has 0 unspecified atom stereocenters. The number of imidazole rings is 1. The van der Waals surface area contributed by atoms with E-state index in [1.165, 1.54) is 6.07 Å². The zero-order valence-electron chi connectivity index (χ0n) is 13.5. The van der Waals surface area contributed by atoms with E-state index in [2.05, 4.69) is 17.1 Å². The second-order valence-corrected chi connectivity index (χ2v) is 7.43. The van der Waals surface area contributed by atoms with Crippen LogP contribution in [0.1, 0.15) is 5.56 Å². The van der Waals surface area contributed by atoms with E-state index in [4.69, 9.17) is 12.2 Å². The summed E-state index contributed by atoms with van der Waals surface area (Å²) in [7, 11) is 0. The minimum absolute atomic E-state index is 0.0364. The highest BCUT2D eigenvalue weighted by Gasteiger charge is 2.16. The Morgan fingerprint density at radius 2 is 1.62 bits per heavy atom. The van der Waals surface area contributed by atoms with Crippen molar-refractivity contribution in [2.24, 2.45) is 0 Å². The Bertz CT molecular complexity index is 1150. The number of aromatic amines is 1. The standard InChI is InChI=1S/C20H13F2IN2S/c21-15-10-16-19(17(22)18(15)23)24-20(26)25(16)11-12-6-8-14(9-7-12)13-4-2-1-3-5-13/h1-10H,11H2,(H,24,26). The fraction of sp³-hybridized carbons (Fsp3) is 0.0500. The lowest BCUT2D eigenvalue weighted by Crippen LogP contribution is -2.00. The second kappa shape index (κ2) is 6.92. The van der Waals surface area contributed by atoms with E-state index in [1.54, 1.807) is 27.2 Å². The molecule has 4 aromatic rings. The number of hydrogen-bond donors (Lipinski definition) is 1. The lowest BCUT2D eigenvalue weighted by molar-refractivity contribution is 0.577. The molecule has 0 fully saturated rings. The van der Waals surface area contributed by atoms with E-state index >= 15 is 0 Å². The molecular weight excluding hydrogens is 465 g/mol. The highest BCUT2D eigenvalue weighted by Crippen LogP contribution is 2.26. The summed E-state index contributed by atoms with van der Waals surface area (Å²) in [4.78, 5) is 2.85. The van der Waals surface area contributed by atoms with Gasteiger partial charge in [0.25, 0.3) is 0 Å². The van der Waals surface area contributed by atoms with Gasteiger partial charge in [-0.3, -0.25) is 0 Å². The summed E-state index contributed by atoms with van der Waals surface area (Å²) in [5.74, 6) is -1.19. The monoisotopic (exact) mass is 478 g/mol. The average molecular weight is 478 g/mol. The van der Waals surface area contributed by atoms with Crippen LogP contribution in [0, 0.1) is 20.0 Å². The van der Waals surface area contributed by atoms with E-state index in [9.17, 15) is 8.78 Å². The van der Waals surface area contributed by atoms with Gasteiger partial charge in [0.05, 0.1) is 15.6 Å². The van der Waals surface area contributed by atoms with Crippen molar-refractivity contribution in [3.05, 3.63) is 86.2 Å². The first-order valence-electron chi connectivity index (χ1n) is 7.95. The molecule has 1 N–H and O–H groups in total. The molecule has 0 amide bonds. The topological polar surface area (TPSA) is 20.7 Å². The van der Waals surface area contributed by atoms with Gasteiger partial charge in [-0.15, -0.1) is 0 Å². The molecule has 0 spiro atoms. The molecule has 4 rings (SSSR count). The summed E-state index contributed by atoms with van der Waals surface area (Å²) < 4.78 is 30.3. The Labute approximate surface area is 167 Å². The summed E-state index contributed by atoms with van der Waals surface area (Å²) in [6, 6.07) is 19.5. The number of nitrogens with one attached hydrogen (secondary N) is 1. The molecule has 2 nitrogen and oxygen atoms in total. The van der Waals surface area contributed by atoms with Crippen LogP contribution in [0.25, 0.3) is 22.2 Å². The van der Waals surface area contributed by atoms with Gasteiger partial charge in [-0.05, 0) is 51.5 Å². The van der Waals surface area contributed by atoms with Gasteiger partial charge < -0.3 is 9.55 Å². The van der Waals surface area contributed by atoms with Crippen LogP contribution in [0.15, 0.2) is 60.7 Å². The maximum atomic E-state index is 14.3. The first-order valence-corrected chi connectivity index (χ1v) is 9.43. The number of benzene rings is 3. The Balaban J connectivity index is 1.72. The predicted molar refractivity (Wildman–Crippen MR) is 111 cm³/mol. The van der Waals surface area contributed by atoms with Gasteiger partial charge in [0.1, 0.15) is 11.3 Å². The zero-order valence-corrected chi connectivity index (χ0v) is 16.4. The lowest BCUT2D eigenvalue weighted by Gasteiger charge is -2.08. The minimum Gasteiger partial charge on any atom is -0.328 e. The summed E-state index contributed by atoms with van der Waals surface area (Å²) >= 11 is 6.97. The number of fused-ring (bicyclic) bond motifs is 1. The molecule has 6 heteroatoms. The number of aromatic nitrogens is 2. The van der Waals surface area contributed by atoms with Crippen LogP contribution in [0.2, 0.25) is 0 Å². The van der Waals surface area contributed by atoms with Crippen LogP contribution in [0.3, 0.4) is 0 Å². The van der Waals surface area contributed by atoms with Crippen molar-refractivity contribution in [3.63, 3.8) is 0 Å². The third-order valence-electron chi connectivity index (χ3n) is 4.31. The first kappa shape index (κ1) is 17.4.